The van der Waals surface area contributed by atoms with Crippen LogP contribution in [0.3, 0.4) is 0 Å². The van der Waals surface area contributed by atoms with Gasteiger partial charge in [-0.15, -0.1) is 11.3 Å². The minimum absolute atomic E-state index is 0.227. The van der Waals surface area contributed by atoms with Gasteiger partial charge in [-0.05, 0) is 12.8 Å². The first-order valence-corrected chi connectivity index (χ1v) is 4.92. The fourth-order valence-corrected chi connectivity index (χ4v) is 1.79. The lowest BCUT2D eigenvalue weighted by Gasteiger charge is -2.01. The molecule has 0 amide bonds. The van der Waals surface area contributed by atoms with Crippen molar-refractivity contribution in [2.24, 2.45) is 5.92 Å². The lowest BCUT2D eigenvalue weighted by atomic mass is 10.1. The average molecular weight is 183 g/mol. The summed E-state index contributed by atoms with van der Waals surface area (Å²) < 4.78 is 0. The van der Waals surface area contributed by atoms with Gasteiger partial charge in [-0.25, -0.2) is 4.98 Å². The molecule has 0 saturated heterocycles. The third-order valence-electron chi connectivity index (χ3n) is 1.59. The van der Waals surface area contributed by atoms with Crippen LogP contribution in [0.25, 0.3) is 0 Å². The first-order chi connectivity index (χ1) is 5.61. The Kier molecular flexibility index (Phi) is 2.98. The Hall–Kier alpha value is -0.700. The predicted molar refractivity (Wildman–Crippen MR) is 50.6 cm³/mol. The molecule has 1 aromatic heterocycles. The molecule has 0 saturated carbocycles. The first-order valence-electron chi connectivity index (χ1n) is 4.04. The van der Waals surface area contributed by atoms with Crippen LogP contribution in [0.2, 0.25) is 0 Å². The van der Waals surface area contributed by atoms with E-state index in [1.165, 1.54) is 11.3 Å². The van der Waals surface area contributed by atoms with Crippen LogP contribution in [0.15, 0.2) is 5.51 Å². The van der Waals surface area contributed by atoms with Crippen molar-refractivity contribution in [1.82, 2.24) is 4.98 Å². The number of hydrogen-bond donors (Lipinski definition) is 0. The number of thiazole rings is 1. The van der Waals surface area contributed by atoms with Crippen molar-refractivity contribution in [3.8, 4) is 0 Å². The number of carbonyl (C=O) groups is 1. The highest BCUT2D eigenvalue weighted by Gasteiger charge is 2.12. The molecule has 1 heterocycles. The number of aryl methyl sites for hydroxylation is 1. The molecule has 0 atom stereocenters. The van der Waals surface area contributed by atoms with Crippen molar-refractivity contribution in [2.45, 2.75) is 27.2 Å². The molecule has 2 nitrogen and oxygen atoms in total. The van der Waals surface area contributed by atoms with Crippen LogP contribution in [0.1, 0.15) is 35.6 Å². The molecule has 66 valence electrons. The highest BCUT2D eigenvalue weighted by Crippen LogP contribution is 2.16. The first kappa shape index (κ1) is 9.39. The molecule has 0 N–H and O–H groups in total. The summed E-state index contributed by atoms with van der Waals surface area (Å²) in [6.45, 7) is 5.98. The normalized spacial score (nSPS) is 10.7. The minimum Gasteiger partial charge on any atom is -0.293 e. The lowest BCUT2D eigenvalue weighted by Crippen LogP contribution is -2.02. The number of ketones is 1. The molecular weight excluding hydrogens is 170 g/mol. The molecule has 0 aliphatic rings. The molecule has 12 heavy (non-hydrogen) atoms. The van der Waals surface area contributed by atoms with E-state index in [0.29, 0.717) is 12.3 Å². The summed E-state index contributed by atoms with van der Waals surface area (Å²) in [4.78, 5) is 16.4. The van der Waals surface area contributed by atoms with Crippen molar-refractivity contribution >= 4 is 17.1 Å². The second-order valence-corrected chi connectivity index (χ2v) is 4.14. The summed E-state index contributed by atoms with van der Waals surface area (Å²) >= 11 is 1.44. The van der Waals surface area contributed by atoms with Crippen molar-refractivity contribution in [2.75, 3.05) is 0 Å². The average Bonchev–Trinajstić information content (AvgIpc) is 2.33. The molecule has 0 aliphatic carbocycles. The van der Waals surface area contributed by atoms with Gasteiger partial charge in [0.15, 0.2) is 5.78 Å². The van der Waals surface area contributed by atoms with E-state index in [-0.39, 0.29) is 5.78 Å². The molecule has 0 aliphatic heterocycles. The quantitative estimate of drug-likeness (QED) is 0.674. The van der Waals surface area contributed by atoms with Gasteiger partial charge in [0, 0.05) is 6.42 Å². The van der Waals surface area contributed by atoms with Gasteiger partial charge in [0.2, 0.25) is 0 Å². The maximum atomic E-state index is 11.5. The Balaban J connectivity index is 2.72. The number of hydrogen-bond acceptors (Lipinski definition) is 3. The van der Waals surface area contributed by atoms with E-state index < -0.39 is 0 Å². The minimum atomic E-state index is 0.227. The monoisotopic (exact) mass is 183 g/mol. The van der Waals surface area contributed by atoms with Crippen LogP contribution in [-0.2, 0) is 0 Å². The second kappa shape index (κ2) is 3.81. The zero-order valence-corrected chi connectivity index (χ0v) is 8.44. The summed E-state index contributed by atoms with van der Waals surface area (Å²) in [6, 6.07) is 0. The van der Waals surface area contributed by atoms with Gasteiger partial charge in [0.05, 0.1) is 16.1 Å². The molecule has 0 unspecified atom stereocenters. The molecule has 1 rings (SSSR count). The van der Waals surface area contributed by atoms with E-state index >= 15 is 0 Å². The van der Waals surface area contributed by atoms with Gasteiger partial charge in [-0.1, -0.05) is 13.8 Å². The zero-order valence-electron chi connectivity index (χ0n) is 7.63. The molecule has 0 aromatic carbocycles. The number of nitrogens with zero attached hydrogens (tertiary/aromatic N) is 1. The number of aromatic nitrogens is 1. The van der Waals surface area contributed by atoms with Crippen LogP contribution in [0, 0.1) is 12.8 Å². The lowest BCUT2D eigenvalue weighted by molar-refractivity contribution is 0.0971. The van der Waals surface area contributed by atoms with Crippen molar-refractivity contribution in [3.63, 3.8) is 0 Å². The SMILES string of the molecule is Cc1ncsc1C(=O)CC(C)C. The Morgan fingerprint density at radius 2 is 2.33 bits per heavy atom. The molecular formula is C9H13NOS. The summed E-state index contributed by atoms with van der Waals surface area (Å²) in [5.74, 6) is 0.656. The summed E-state index contributed by atoms with van der Waals surface area (Å²) in [5, 5.41) is 0. The van der Waals surface area contributed by atoms with Gasteiger partial charge in [0.1, 0.15) is 0 Å². The van der Waals surface area contributed by atoms with Crippen LogP contribution in [-0.4, -0.2) is 10.8 Å². The van der Waals surface area contributed by atoms with Crippen LogP contribution < -0.4 is 0 Å². The van der Waals surface area contributed by atoms with E-state index in [1.54, 1.807) is 5.51 Å². The maximum Gasteiger partial charge on any atom is 0.174 e. The Morgan fingerprint density at radius 1 is 1.67 bits per heavy atom. The molecule has 0 radical (unpaired) electrons. The molecule has 0 fully saturated rings. The summed E-state index contributed by atoms with van der Waals surface area (Å²) in [5.41, 5.74) is 2.59. The fourth-order valence-electron chi connectivity index (χ4n) is 1.03. The second-order valence-electron chi connectivity index (χ2n) is 3.29. The molecule has 0 bridgehead atoms. The standard InChI is InChI=1S/C9H13NOS/c1-6(2)4-8(11)9-7(3)10-5-12-9/h5-6H,4H2,1-3H3. The molecule has 0 spiro atoms. The van der Waals surface area contributed by atoms with Crippen molar-refractivity contribution in [1.29, 1.82) is 0 Å². The van der Waals surface area contributed by atoms with E-state index in [0.717, 1.165) is 10.6 Å². The van der Waals surface area contributed by atoms with E-state index in [2.05, 4.69) is 4.98 Å². The van der Waals surface area contributed by atoms with Crippen molar-refractivity contribution in [3.05, 3.63) is 16.1 Å². The van der Waals surface area contributed by atoms with Gasteiger partial charge in [0.25, 0.3) is 0 Å². The third-order valence-corrected chi connectivity index (χ3v) is 2.56. The van der Waals surface area contributed by atoms with E-state index in [9.17, 15) is 4.79 Å². The number of Topliss-reactive ketones (excluding diaryl/α,β-unsaturated/α-hetero) is 1. The van der Waals surface area contributed by atoms with Crippen molar-refractivity contribution < 1.29 is 4.79 Å². The van der Waals surface area contributed by atoms with Crippen LogP contribution >= 0.6 is 11.3 Å². The maximum absolute atomic E-state index is 11.5. The molecule has 3 heteroatoms. The highest BCUT2D eigenvalue weighted by molar-refractivity contribution is 7.11. The number of carbonyl (C=O) groups excluding carboxylic acids is 1. The summed E-state index contributed by atoms with van der Waals surface area (Å²) in [6.07, 6.45) is 0.628. The smallest absolute Gasteiger partial charge is 0.174 e. The number of rotatable bonds is 3. The highest BCUT2D eigenvalue weighted by atomic mass is 32.1. The Morgan fingerprint density at radius 3 is 2.75 bits per heavy atom. The topological polar surface area (TPSA) is 30.0 Å². The fraction of sp³-hybridized carbons (Fsp3) is 0.556. The van der Waals surface area contributed by atoms with E-state index in [4.69, 9.17) is 0 Å². The summed E-state index contributed by atoms with van der Waals surface area (Å²) in [7, 11) is 0. The Bertz CT molecular complexity index is 278. The van der Waals surface area contributed by atoms with Crippen LogP contribution in [0.5, 0.6) is 0 Å². The third kappa shape index (κ3) is 2.14. The Labute approximate surface area is 76.6 Å². The van der Waals surface area contributed by atoms with Gasteiger partial charge < -0.3 is 0 Å². The largest absolute Gasteiger partial charge is 0.293 e. The van der Waals surface area contributed by atoms with E-state index in [1.807, 2.05) is 20.8 Å². The van der Waals surface area contributed by atoms with Crippen LogP contribution in [0.4, 0.5) is 0 Å². The molecule has 1 aromatic rings. The van der Waals surface area contributed by atoms with Gasteiger partial charge >= 0.3 is 0 Å². The van der Waals surface area contributed by atoms with Gasteiger partial charge in [-0.2, -0.15) is 0 Å². The zero-order chi connectivity index (χ0) is 9.14. The predicted octanol–water partition coefficient (Wildman–Crippen LogP) is 2.68. The van der Waals surface area contributed by atoms with Gasteiger partial charge in [-0.3, -0.25) is 4.79 Å².